The van der Waals surface area contributed by atoms with Crippen molar-refractivity contribution in [3.63, 3.8) is 0 Å². The molecule has 1 amide bonds. The van der Waals surface area contributed by atoms with Crippen LogP contribution in [0.3, 0.4) is 0 Å². The molecule has 0 fully saturated rings. The maximum Gasteiger partial charge on any atom is 0.259 e. The van der Waals surface area contributed by atoms with Crippen LogP contribution in [0.2, 0.25) is 5.02 Å². The Morgan fingerprint density at radius 1 is 1.10 bits per heavy atom. The Hall–Kier alpha value is -3.19. The van der Waals surface area contributed by atoms with E-state index < -0.39 is 0 Å². The van der Waals surface area contributed by atoms with E-state index in [2.05, 4.69) is 10.4 Å². The zero-order valence-corrected chi connectivity index (χ0v) is 17.4. The first-order chi connectivity index (χ1) is 14.0. The van der Waals surface area contributed by atoms with Crippen LogP contribution in [0.1, 0.15) is 23.0 Å². The van der Waals surface area contributed by atoms with Crippen LogP contribution in [-0.4, -0.2) is 37.0 Å². The minimum atomic E-state index is -0.288. The van der Waals surface area contributed by atoms with Crippen molar-refractivity contribution >= 4 is 23.2 Å². The second-order valence-corrected chi connectivity index (χ2v) is 6.55. The second-order valence-electron chi connectivity index (χ2n) is 6.12. The summed E-state index contributed by atoms with van der Waals surface area (Å²) in [5.74, 6) is 1.07. The topological polar surface area (TPSA) is 74.6 Å². The van der Waals surface area contributed by atoms with Gasteiger partial charge in [0.2, 0.25) is 5.75 Å². The van der Waals surface area contributed by atoms with Gasteiger partial charge in [-0.2, -0.15) is 5.10 Å². The largest absolute Gasteiger partial charge is 0.493 e. The molecule has 29 heavy (non-hydrogen) atoms. The van der Waals surface area contributed by atoms with Gasteiger partial charge in [0.1, 0.15) is 0 Å². The van der Waals surface area contributed by atoms with Gasteiger partial charge >= 0.3 is 0 Å². The second kappa shape index (κ2) is 8.87. The Labute approximate surface area is 174 Å². The minimum Gasteiger partial charge on any atom is -0.493 e. The zero-order chi connectivity index (χ0) is 21.0. The van der Waals surface area contributed by atoms with E-state index >= 15 is 0 Å². The van der Waals surface area contributed by atoms with E-state index in [1.165, 1.54) is 21.3 Å². The molecule has 1 aromatic heterocycles. The van der Waals surface area contributed by atoms with Gasteiger partial charge in [0.05, 0.1) is 44.5 Å². The van der Waals surface area contributed by atoms with Gasteiger partial charge in [0, 0.05) is 22.8 Å². The lowest BCUT2D eigenvalue weighted by Gasteiger charge is -2.14. The van der Waals surface area contributed by atoms with E-state index in [1.54, 1.807) is 35.1 Å². The smallest absolute Gasteiger partial charge is 0.259 e. The summed E-state index contributed by atoms with van der Waals surface area (Å²) in [7, 11) is 4.57. The molecule has 0 radical (unpaired) electrons. The molecule has 0 aliphatic heterocycles. The summed E-state index contributed by atoms with van der Waals surface area (Å²) in [6.07, 6.45) is 2.16. The van der Waals surface area contributed by atoms with E-state index in [-0.39, 0.29) is 5.91 Å². The average molecular weight is 416 g/mol. The van der Waals surface area contributed by atoms with Crippen molar-refractivity contribution < 1.29 is 19.0 Å². The number of hydrogen-bond acceptors (Lipinski definition) is 5. The highest BCUT2D eigenvalue weighted by molar-refractivity contribution is 6.30. The first kappa shape index (κ1) is 20.5. The summed E-state index contributed by atoms with van der Waals surface area (Å²) in [6, 6.07) is 10.7. The van der Waals surface area contributed by atoms with E-state index in [4.69, 9.17) is 25.8 Å². The number of carbonyl (C=O) groups is 1. The summed E-state index contributed by atoms with van der Waals surface area (Å²) in [6.45, 7) is 1.97. The number of hydrogen-bond donors (Lipinski definition) is 1. The number of carbonyl (C=O) groups excluding carboxylic acids is 1. The van der Waals surface area contributed by atoms with Crippen LogP contribution in [0, 0.1) is 0 Å². The molecule has 0 spiro atoms. The van der Waals surface area contributed by atoms with Gasteiger partial charge in [0.25, 0.3) is 5.91 Å². The fourth-order valence-corrected chi connectivity index (χ4v) is 3.27. The third-order valence-electron chi connectivity index (χ3n) is 4.42. The Morgan fingerprint density at radius 2 is 1.79 bits per heavy atom. The van der Waals surface area contributed by atoms with Crippen molar-refractivity contribution in [1.82, 2.24) is 9.78 Å². The van der Waals surface area contributed by atoms with Crippen LogP contribution in [0.4, 0.5) is 5.69 Å². The van der Waals surface area contributed by atoms with Crippen LogP contribution in [-0.2, 0) is 6.42 Å². The zero-order valence-electron chi connectivity index (χ0n) is 16.7. The predicted molar refractivity (Wildman–Crippen MR) is 112 cm³/mol. The van der Waals surface area contributed by atoms with E-state index in [0.29, 0.717) is 39.9 Å². The number of aromatic nitrogens is 2. The Bertz CT molecular complexity index is 1010. The molecule has 1 heterocycles. The number of anilines is 1. The molecule has 1 N–H and O–H groups in total. The number of nitrogens with one attached hydrogen (secondary N) is 1. The number of benzene rings is 2. The third-order valence-corrected chi connectivity index (χ3v) is 4.66. The lowest BCUT2D eigenvalue weighted by molar-refractivity contribution is 0.102. The molecule has 0 unspecified atom stereocenters. The van der Waals surface area contributed by atoms with E-state index in [9.17, 15) is 4.79 Å². The Balaban J connectivity index is 1.94. The standard InChI is InChI=1S/C21H22ClN3O4/c1-5-17-16(12-23-25(17)15-8-6-7-13(22)9-15)21(26)24-14-10-18(27-2)20(29-4)19(11-14)28-3/h6-12H,5H2,1-4H3,(H,24,26). The van der Waals surface area contributed by atoms with Gasteiger partial charge < -0.3 is 19.5 Å². The van der Waals surface area contributed by atoms with Crippen molar-refractivity contribution in [2.45, 2.75) is 13.3 Å². The summed E-state index contributed by atoms with van der Waals surface area (Å²) in [5, 5.41) is 7.86. The molecule has 7 nitrogen and oxygen atoms in total. The first-order valence-electron chi connectivity index (χ1n) is 8.96. The summed E-state index contributed by atoms with van der Waals surface area (Å²) >= 11 is 6.09. The quantitative estimate of drug-likeness (QED) is 0.620. The van der Waals surface area contributed by atoms with E-state index in [1.807, 2.05) is 19.1 Å². The van der Waals surface area contributed by atoms with Crippen LogP contribution in [0.15, 0.2) is 42.6 Å². The number of halogens is 1. The lowest BCUT2D eigenvalue weighted by atomic mass is 10.1. The van der Waals surface area contributed by atoms with E-state index in [0.717, 1.165) is 11.4 Å². The normalized spacial score (nSPS) is 10.5. The third kappa shape index (κ3) is 4.14. The van der Waals surface area contributed by atoms with Crippen molar-refractivity contribution in [3.8, 4) is 22.9 Å². The number of rotatable bonds is 7. The fraction of sp³-hybridized carbons (Fsp3) is 0.238. The molecule has 0 atom stereocenters. The summed E-state index contributed by atoms with van der Waals surface area (Å²) < 4.78 is 17.7. The van der Waals surface area contributed by atoms with Gasteiger partial charge in [-0.05, 0) is 24.6 Å². The van der Waals surface area contributed by atoms with Crippen LogP contribution in [0.5, 0.6) is 17.2 Å². The SMILES string of the molecule is CCc1c(C(=O)Nc2cc(OC)c(OC)c(OC)c2)cnn1-c1cccc(Cl)c1. The van der Waals surface area contributed by atoms with Gasteiger partial charge in [0.15, 0.2) is 11.5 Å². The predicted octanol–water partition coefficient (Wildman–Crippen LogP) is 4.37. The highest BCUT2D eigenvalue weighted by Gasteiger charge is 2.19. The molecule has 0 saturated heterocycles. The first-order valence-corrected chi connectivity index (χ1v) is 9.34. The lowest BCUT2D eigenvalue weighted by Crippen LogP contribution is -2.14. The van der Waals surface area contributed by atoms with Crippen molar-refractivity contribution in [1.29, 1.82) is 0 Å². The highest BCUT2D eigenvalue weighted by atomic mass is 35.5. The van der Waals surface area contributed by atoms with Crippen LogP contribution in [0.25, 0.3) is 5.69 Å². The molecule has 3 rings (SSSR count). The molecule has 0 bridgehead atoms. The monoisotopic (exact) mass is 415 g/mol. The van der Waals surface area contributed by atoms with Gasteiger partial charge in [-0.1, -0.05) is 24.6 Å². The van der Waals surface area contributed by atoms with Crippen molar-refractivity contribution in [3.05, 3.63) is 58.9 Å². The summed E-state index contributed by atoms with van der Waals surface area (Å²) in [5.41, 5.74) is 2.56. The number of nitrogens with zero attached hydrogens (tertiary/aromatic N) is 2. The summed E-state index contributed by atoms with van der Waals surface area (Å²) in [4.78, 5) is 13.0. The number of ether oxygens (including phenoxy) is 3. The van der Waals surface area contributed by atoms with Gasteiger partial charge in [-0.25, -0.2) is 4.68 Å². The van der Waals surface area contributed by atoms with Crippen LogP contribution >= 0.6 is 11.6 Å². The van der Waals surface area contributed by atoms with Crippen molar-refractivity contribution in [2.24, 2.45) is 0 Å². The molecule has 2 aromatic carbocycles. The molecular formula is C21H22ClN3O4. The molecular weight excluding hydrogens is 394 g/mol. The van der Waals surface area contributed by atoms with Gasteiger partial charge in [-0.15, -0.1) is 0 Å². The molecule has 0 aliphatic rings. The highest BCUT2D eigenvalue weighted by Crippen LogP contribution is 2.40. The maximum atomic E-state index is 13.0. The van der Waals surface area contributed by atoms with Crippen molar-refractivity contribution in [2.75, 3.05) is 26.6 Å². The number of methoxy groups -OCH3 is 3. The van der Waals surface area contributed by atoms with Crippen LogP contribution < -0.4 is 19.5 Å². The Morgan fingerprint density at radius 3 is 2.34 bits per heavy atom. The molecule has 8 heteroatoms. The fourth-order valence-electron chi connectivity index (χ4n) is 3.09. The van der Waals surface area contributed by atoms with Gasteiger partial charge in [-0.3, -0.25) is 4.79 Å². The molecule has 0 aliphatic carbocycles. The average Bonchev–Trinajstić information content (AvgIpc) is 3.17. The number of amides is 1. The molecule has 3 aromatic rings. The molecule has 152 valence electrons. The molecule has 0 saturated carbocycles. The maximum absolute atomic E-state index is 13.0. The Kier molecular flexibility index (Phi) is 6.29. The minimum absolute atomic E-state index is 0.288.